The zero-order valence-corrected chi connectivity index (χ0v) is 11.7. The van der Waals surface area contributed by atoms with Gasteiger partial charge in [-0.1, -0.05) is 78.1 Å². The molecule has 0 saturated carbocycles. The maximum Gasteiger partial charge on any atom is 0.488 e. The van der Waals surface area contributed by atoms with Gasteiger partial charge in [0.25, 0.3) is 0 Å². The number of hydrogen-bond acceptors (Lipinski definition) is 2. The first-order chi connectivity index (χ1) is 8.51. The van der Waals surface area contributed by atoms with Crippen molar-refractivity contribution in [1.82, 2.24) is 0 Å². The molecule has 0 amide bonds. The quantitative estimate of drug-likeness (QED) is 0.770. The molecule has 2 nitrogen and oxygen atoms in total. The minimum atomic E-state index is -1.76. The predicted molar refractivity (Wildman–Crippen MR) is 79.5 cm³/mol. The molecule has 0 heterocycles. The molecule has 0 spiro atoms. The Hall–Kier alpha value is -1.36. The number of hydrogen-bond donors (Lipinski definition) is 2. The van der Waals surface area contributed by atoms with Crippen molar-refractivity contribution in [3.05, 3.63) is 54.6 Å². The van der Waals surface area contributed by atoms with Gasteiger partial charge in [-0.2, -0.15) is 0 Å². The van der Waals surface area contributed by atoms with Crippen LogP contribution in [0, 0.1) is 0 Å². The van der Waals surface area contributed by atoms with E-state index in [-0.39, 0.29) is 0 Å². The molecular weight excluding hydrogens is 239 g/mol. The summed E-state index contributed by atoms with van der Waals surface area (Å²) in [5.74, 6) is 0. The van der Waals surface area contributed by atoms with E-state index in [2.05, 4.69) is 43.4 Å². The largest absolute Gasteiger partial charge is 0.488 e. The van der Waals surface area contributed by atoms with Crippen LogP contribution in [-0.2, 0) is 0 Å². The fraction of sp³-hybridized carbons (Fsp3) is 0.143. The summed E-state index contributed by atoms with van der Waals surface area (Å²) in [5, 5.41) is 21.1. The van der Waals surface area contributed by atoms with E-state index in [9.17, 15) is 10.0 Å². The molecule has 0 aromatic heterocycles. The maximum absolute atomic E-state index is 9.26. The summed E-state index contributed by atoms with van der Waals surface area (Å²) in [7, 11) is -3.15. The van der Waals surface area contributed by atoms with E-state index in [0.717, 1.165) is 0 Å². The average molecular weight is 256 g/mol. The van der Waals surface area contributed by atoms with E-state index in [1.165, 1.54) is 10.4 Å². The van der Waals surface area contributed by atoms with Gasteiger partial charge in [-0.3, -0.25) is 0 Å². The summed E-state index contributed by atoms with van der Waals surface area (Å²) in [5.41, 5.74) is 0.559. The lowest BCUT2D eigenvalue weighted by molar-refractivity contribution is 0.426. The first-order valence-electron chi connectivity index (χ1n) is 6.04. The Morgan fingerprint density at radius 3 is 2.06 bits per heavy atom. The average Bonchev–Trinajstić information content (AvgIpc) is 2.40. The summed E-state index contributed by atoms with van der Waals surface area (Å²) >= 11 is 0. The van der Waals surface area contributed by atoms with Gasteiger partial charge in [0.1, 0.15) is 8.07 Å². The molecule has 18 heavy (non-hydrogen) atoms. The molecule has 0 saturated heterocycles. The SMILES string of the molecule is C[Si](C)(c1ccccc1)c1cccc(B(O)O)c1. The van der Waals surface area contributed by atoms with Crippen molar-refractivity contribution in [2.24, 2.45) is 0 Å². The molecule has 0 aliphatic rings. The molecule has 92 valence electrons. The minimum absolute atomic E-state index is 0.559. The fourth-order valence-corrected chi connectivity index (χ4v) is 4.51. The highest BCUT2D eigenvalue weighted by Gasteiger charge is 2.26. The predicted octanol–water partition coefficient (Wildman–Crippen LogP) is 0.189. The van der Waals surface area contributed by atoms with Crippen LogP contribution in [0.25, 0.3) is 0 Å². The molecule has 4 heteroatoms. The van der Waals surface area contributed by atoms with Crippen molar-refractivity contribution in [3.63, 3.8) is 0 Å². The summed E-state index contributed by atoms with van der Waals surface area (Å²) < 4.78 is 0. The molecular formula is C14H17BO2Si. The van der Waals surface area contributed by atoms with Crippen molar-refractivity contribution in [3.8, 4) is 0 Å². The molecule has 0 aliphatic heterocycles. The first kappa shape index (κ1) is 13.1. The second-order valence-electron chi connectivity index (χ2n) is 4.99. The van der Waals surface area contributed by atoms with Crippen molar-refractivity contribution in [2.45, 2.75) is 13.1 Å². The fourth-order valence-electron chi connectivity index (χ4n) is 2.11. The van der Waals surface area contributed by atoms with E-state index in [0.29, 0.717) is 5.46 Å². The van der Waals surface area contributed by atoms with Crippen molar-refractivity contribution in [1.29, 1.82) is 0 Å². The van der Waals surface area contributed by atoms with Crippen LogP contribution in [0.5, 0.6) is 0 Å². The third-order valence-electron chi connectivity index (χ3n) is 3.40. The monoisotopic (exact) mass is 256 g/mol. The van der Waals surface area contributed by atoms with Crippen LogP contribution in [-0.4, -0.2) is 25.2 Å². The first-order valence-corrected chi connectivity index (χ1v) is 9.04. The summed E-state index contributed by atoms with van der Waals surface area (Å²) in [6, 6.07) is 18.0. The van der Waals surface area contributed by atoms with Crippen LogP contribution in [0.3, 0.4) is 0 Å². The van der Waals surface area contributed by atoms with Crippen molar-refractivity contribution < 1.29 is 10.0 Å². The van der Waals surface area contributed by atoms with Crippen LogP contribution in [0.15, 0.2) is 54.6 Å². The molecule has 0 bridgehead atoms. The molecule has 0 radical (unpaired) electrons. The third-order valence-corrected chi connectivity index (χ3v) is 6.93. The van der Waals surface area contributed by atoms with E-state index in [1.54, 1.807) is 6.07 Å². The molecule has 0 fully saturated rings. The molecule has 2 aromatic rings. The second kappa shape index (κ2) is 5.10. The summed E-state index contributed by atoms with van der Waals surface area (Å²) in [6.45, 7) is 4.54. The summed E-state index contributed by atoms with van der Waals surface area (Å²) in [4.78, 5) is 0. The van der Waals surface area contributed by atoms with Gasteiger partial charge in [0.15, 0.2) is 0 Å². The molecule has 2 rings (SSSR count). The Balaban J connectivity index is 2.44. The standard InChI is InChI=1S/C14H17BO2Si/c1-18(2,13-8-4-3-5-9-13)14-10-6-7-12(11-14)15(16)17/h3-11,16-17H,1-2H3. The van der Waals surface area contributed by atoms with Gasteiger partial charge >= 0.3 is 7.12 Å². The Kier molecular flexibility index (Phi) is 3.71. The number of rotatable bonds is 3. The van der Waals surface area contributed by atoms with Crippen LogP contribution in [0.2, 0.25) is 13.1 Å². The third kappa shape index (κ3) is 2.56. The molecule has 2 aromatic carbocycles. The van der Waals surface area contributed by atoms with E-state index in [1.807, 2.05) is 18.2 Å². The van der Waals surface area contributed by atoms with Crippen LogP contribution >= 0.6 is 0 Å². The van der Waals surface area contributed by atoms with Gasteiger partial charge in [0.05, 0.1) is 0 Å². The van der Waals surface area contributed by atoms with Crippen molar-refractivity contribution in [2.75, 3.05) is 0 Å². The molecule has 0 unspecified atom stereocenters. The minimum Gasteiger partial charge on any atom is -0.423 e. The topological polar surface area (TPSA) is 40.5 Å². The van der Waals surface area contributed by atoms with Gasteiger partial charge in [-0.15, -0.1) is 0 Å². The Labute approximate surface area is 109 Å². The van der Waals surface area contributed by atoms with Crippen molar-refractivity contribution >= 4 is 31.0 Å². The zero-order chi connectivity index (χ0) is 13.2. The van der Waals surface area contributed by atoms with Gasteiger partial charge in [-0.05, 0) is 5.46 Å². The Morgan fingerprint density at radius 2 is 1.44 bits per heavy atom. The highest BCUT2D eigenvalue weighted by Crippen LogP contribution is 2.03. The molecule has 0 atom stereocenters. The van der Waals surface area contributed by atoms with Crippen LogP contribution in [0.4, 0.5) is 0 Å². The highest BCUT2D eigenvalue weighted by molar-refractivity contribution is 7.00. The van der Waals surface area contributed by atoms with E-state index in [4.69, 9.17) is 0 Å². The zero-order valence-electron chi connectivity index (χ0n) is 10.7. The van der Waals surface area contributed by atoms with Gasteiger partial charge in [-0.25, -0.2) is 0 Å². The summed E-state index contributed by atoms with van der Waals surface area (Å²) in [6.07, 6.45) is 0. The lowest BCUT2D eigenvalue weighted by Crippen LogP contribution is -2.54. The normalized spacial score (nSPS) is 11.3. The second-order valence-corrected chi connectivity index (χ2v) is 9.39. The van der Waals surface area contributed by atoms with E-state index < -0.39 is 15.2 Å². The van der Waals surface area contributed by atoms with Gasteiger partial charge in [0.2, 0.25) is 0 Å². The van der Waals surface area contributed by atoms with Gasteiger partial charge in [0, 0.05) is 0 Å². The van der Waals surface area contributed by atoms with Crippen LogP contribution < -0.4 is 15.8 Å². The Bertz CT molecular complexity index is 526. The molecule has 2 N–H and O–H groups in total. The van der Waals surface area contributed by atoms with E-state index >= 15 is 0 Å². The lowest BCUT2D eigenvalue weighted by atomic mass is 9.80. The smallest absolute Gasteiger partial charge is 0.423 e. The molecule has 0 aliphatic carbocycles. The van der Waals surface area contributed by atoms with Crippen LogP contribution in [0.1, 0.15) is 0 Å². The highest BCUT2D eigenvalue weighted by atomic mass is 28.3. The van der Waals surface area contributed by atoms with Gasteiger partial charge < -0.3 is 10.0 Å². The lowest BCUT2D eigenvalue weighted by Gasteiger charge is -2.24. The maximum atomic E-state index is 9.26. The Morgan fingerprint density at radius 1 is 0.833 bits per heavy atom. The number of benzene rings is 2.